The SMILES string of the molecule is CCOc1ccc([C@@H](NC(=O)c2cccc(NS(C)(=O)=O)c2)c2ccccc2)cc1. The molecule has 6 nitrogen and oxygen atoms in total. The summed E-state index contributed by atoms with van der Waals surface area (Å²) in [4.78, 5) is 13.0. The van der Waals surface area contributed by atoms with Crippen LogP contribution in [0.3, 0.4) is 0 Å². The molecule has 0 saturated heterocycles. The number of carbonyl (C=O) groups excluding carboxylic acids is 1. The van der Waals surface area contributed by atoms with Crippen LogP contribution in [0.15, 0.2) is 78.9 Å². The molecule has 1 amide bonds. The molecular weight excluding hydrogens is 400 g/mol. The summed E-state index contributed by atoms with van der Waals surface area (Å²) >= 11 is 0. The van der Waals surface area contributed by atoms with Gasteiger partial charge < -0.3 is 10.1 Å². The van der Waals surface area contributed by atoms with Crippen LogP contribution in [0.5, 0.6) is 5.75 Å². The van der Waals surface area contributed by atoms with E-state index in [2.05, 4.69) is 10.0 Å². The Balaban J connectivity index is 1.88. The molecule has 0 aliphatic carbocycles. The molecule has 30 heavy (non-hydrogen) atoms. The monoisotopic (exact) mass is 424 g/mol. The molecule has 2 N–H and O–H groups in total. The normalized spacial score (nSPS) is 12.1. The van der Waals surface area contributed by atoms with Crippen molar-refractivity contribution < 1.29 is 17.9 Å². The van der Waals surface area contributed by atoms with E-state index in [4.69, 9.17) is 4.74 Å². The number of anilines is 1. The van der Waals surface area contributed by atoms with E-state index in [0.717, 1.165) is 23.1 Å². The highest BCUT2D eigenvalue weighted by Crippen LogP contribution is 2.25. The first-order valence-electron chi connectivity index (χ1n) is 9.52. The van der Waals surface area contributed by atoms with Crippen LogP contribution < -0.4 is 14.8 Å². The van der Waals surface area contributed by atoms with Crippen molar-refractivity contribution >= 4 is 21.6 Å². The molecule has 0 bridgehead atoms. The molecule has 0 heterocycles. The number of carbonyl (C=O) groups is 1. The molecule has 0 spiro atoms. The molecule has 3 rings (SSSR count). The Kier molecular flexibility index (Phi) is 6.74. The van der Waals surface area contributed by atoms with Gasteiger partial charge in [-0.05, 0) is 48.4 Å². The standard InChI is InChI=1S/C23H24N2O4S/c1-3-29-21-14-12-18(13-15-21)22(17-8-5-4-6-9-17)24-23(26)19-10-7-11-20(16-19)25-30(2,27)28/h4-16,22,25H,3H2,1-2H3,(H,24,26)/t22-/m0/s1. The van der Waals surface area contributed by atoms with Gasteiger partial charge in [-0.3, -0.25) is 9.52 Å². The second-order valence-corrected chi connectivity index (χ2v) is 8.52. The van der Waals surface area contributed by atoms with E-state index in [1.165, 1.54) is 6.07 Å². The summed E-state index contributed by atoms with van der Waals surface area (Å²) < 4.78 is 30.9. The molecule has 3 aromatic carbocycles. The smallest absolute Gasteiger partial charge is 0.252 e. The maximum atomic E-state index is 13.0. The second-order valence-electron chi connectivity index (χ2n) is 6.77. The Hall–Kier alpha value is -3.32. The number of amides is 1. The molecule has 0 aliphatic rings. The van der Waals surface area contributed by atoms with Gasteiger partial charge in [0.2, 0.25) is 10.0 Å². The van der Waals surface area contributed by atoms with Crippen LogP contribution >= 0.6 is 0 Å². The van der Waals surface area contributed by atoms with Crippen molar-refractivity contribution in [1.82, 2.24) is 5.32 Å². The summed E-state index contributed by atoms with van der Waals surface area (Å²) in [6, 6.07) is 23.2. The van der Waals surface area contributed by atoms with Gasteiger partial charge in [-0.2, -0.15) is 0 Å². The van der Waals surface area contributed by atoms with Crippen molar-refractivity contribution in [2.75, 3.05) is 17.6 Å². The lowest BCUT2D eigenvalue weighted by atomic mass is 9.98. The van der Waals surface area contributed by atoms with Gasteiger partial charge in [0, 0.05) is 11.3 Å². The highest BCUT2D eigenvalue weighted by Gasteiger charge is 2.18. The predicted molar refractivity (Wildman–Crippen MR) is 118 cm³/mol. The number of nitrogens with one attached hydrogen (secondary N) is 2. The van der Waals surface area contributed by atoms with E-state index in [9.17, 15) is 13.2 Å². The van der Waals surface area contributed by atoms with Crippen LogP contribution in [0, 0.1) is 0 Å². The summed E-state index contributed by atoms with van der Waals surface area (Å²) in [6.07, 6.45) is 1.07. The first-order chi connectivity index (χ1) is 14.4. The first-order valence-corrected chi connectivity index (χ1v) is 11.4. The number of sulfonamides is 1. The lowest BCUT2D eigenvalue weighted by molar-refractivity contribution is 0.0943. The third-order valence-electron chi connectivity index (χ3n) is 4.36. The third-order valence-corrected chi connectivity index (χ3v) is 4.97. The maximum Gasteiger partial charge on any atom is 0.252 e. The minimum absolute atomic E-state index is 0.310. The topological polar surface area (TPSA) is 84.5 Å². The molecule has 7 heteroatoms. The van der Waals surface area contributed by atoms with Gasteiger partial charge in [-0.1, -0.05) is 48.5 Å². The average Bonchev–Trinajstić information content (AvgIpc) is 2.72. The van der Waals surface area contributed by atoms with Crippen LogP contribution in [0.1, 0.15) is 34.5 Å². The summed E-state index contributed by atoms with van der Waals surface area (Å²) in [5.74, 6) is 0.453. The molecule has 156 valence electrons. The summed E-state index contributed by atoms with van der Waals surface area (Å²) in [7, 11) is -3.43. The zero-order valence-electron chi connectivity index (χ0n) is 16.8. The fraction of sp³-hybridized carbons (Fsp3) is 0.174. The highest BCUT2D eigenvalue weighted by atomic mass is 32.2. The molecule has 3 aromatic rings. The molecule has 1 atom stereocenters. The minimum Gasteiger partial charge on any atom is -0.494 e. The Bertz CT molecular complexity index is 1100. The Morgan fingerprint density at radius 3 is 2.23 bits per heavy atom. The number of ether oxygens (including phenoxy) is 1. The van der Waals surface area contributed by atoms with Crippen LogP contribution in [0.2, 0.25) is 0 Å². The third kappa shape index (κ3) is 5.84. The number of rotatable bonds is 8. The summed E-state index contributed by atoms with van der Waals surface area (Å²) in [6.45, 7) is 2.50. The number of hydrogen-bond donors (Lipinski definition) is 2. The minimum atomic E-state index is -3.43. The van der Waals surface area contributed by atoms with Crippen molar-refractivity contribution in [1.29, 1.82) is 0 Å². The highest BCUT2D eigenvalue weighted by molar-refractivity contribution is 7.92. The summed E-state index contributed by atoms with van der Waals surface area (Å²) in [5.41, 5.74) is 2.53. The van der Waals surface area contributed by atoms with Gasteiger partial charge in [0.15, 0.2) is 0 Å². The largest absolute Gasteiger partial charge is 0.494 e. The zero-order chi connectivity index (χ0) is 21.6. The fourth-order valence-electron chi connectivity index (χ4n) is 3.08. The predicted octanol–water partition coefficient (Wildman–Crippen LogP) is 3.98. The lowest BCUT2D eigenvalue weighted by Crippen LogP contribution is -2.29. The van der Waals surface area contributed by atoms with Gasteiger partial charge in [-0.25, -0.2) is 8.42 Å². The molecule has 0 saturated carbocycles. The lowest BCUT2D eigenvalue weighted by Gasteiger charge is -2.20. The van der Waals surface area contributed by atoms with E-state index in [1.807, 2.05) is 61.5 Å². The van der Waals surface area contributed by atoms with Gasteiger partial charge in [-0.15, -0.1) is 0 Å². The second kappa shape index (κ2) is 9.45. The van der Waals surface area contributed by atoms with Crippen LogP contribution in [-0.4, -0.2) is 27.2 Å². The van der Waals surface area contributed by atoms with Crippen molar-refractivity contribution in [3.05, 3.63) is 95.6 Å². The maximum absolute atomic E-state index is 13.0. The van der Waals surface area contributed by atoms with E-state index >= 15 is 0 Å². The van der Waals surface area contributed by atoms with Crippen molar-refractivity contribution in [2.45, 2.75) is 13.0 Å². The van der Waals surface area contributed by atoms with Gasteiger partial charge in [0.05, 0.1) is 18.9 Å². The van der Waals surface area contributed by atoms with Gasteiger partial charge in [0.25, 0.3) is 5.91 Å². The molecule has 0 unspecified atom stereocenters. The van der Waals surface area contributed by atoms with Crippen molar-refractivity contribution in [2.24, 2.45) is 0 Å². The number of benzene rings is 3. The van der Waals surface area contributed by atoms with Gasteiger partial charge >= 0.3 is 0 Å². The van der Waals surface area contributed by atoms with Crippen molar-refractivity contribution in [3.8, 4) is 5.75 Å². The van der Waals surface area contributed by atoms with Crippen LogP contribution in [0.4, 0.5) is 5.69 Å². The Morgan fingerprint density at radius 1 is 0.933 bits per heavy atom. The molecule has 0 aliphatic heterocycles. The quantitative estimate of drug-likeness (QED) is 0.573. The molecule has 0 fully saturated rings. The van der Waals surface area contributed by atoms with E-state index in [0.29, 0.717) is 17.9 Å². The van der Waals surface area contributed by atoms with Gasteiger partial charge in [0.1, 0.15) is 5.75 Å². The number of hydrogen-bond acceptors (Lipinski definition) is 4. The van der Waals surface area contributed by atoms with Crippen LogP contribution in [-0.2, 0) is 10.0 Å². The Morgan fingerprint density at radius 2 is 1.60 bits per heavy atom. The van der Waals surface area contributed by atoms with E-state index in [1.54, 1.807) is 18.2 Å². The average molecular weight is 425 g/mol. The Labute approximate surface area is 177 Å². The first kappa shape index (κ1) is 21.4. The van der Waals surface area contributed by atoms with E-state index in [-0.39, 0.29) is 11.9 Å². The molecule has 0 aromatic heterocycles. The molecule has 0 radical (unpaired) electrons. The molecular formula is C23H24N2O4S. The van der Waals surface area contributed by atoms with Crippen LogP contribution in [0.25, 0.3) is 0 Å². The summed E-state index contributed by atoms with van der Waals surface area (Å²) in [5, 5.41) is 3.05. The fourth-order valence-corrected chi connectivity index (χ4v) is 3.64. The zero-order valence-corrected chi connectivity index (χ0v) is 17.6. The van der Waals surface area contributed by atoms with E-state index < -0.39 is 10.0 Å². The van der Waals surface area contributed by atoms with Crippen molar-refractivity contribution in [3.63, 3.8) is 0 Å².